The normalized spacial score (nSPS) is 25.6. The van der Waals surface area contributed by atoms with Crippen LogP contribution in [0.15, 0.2) is 0 Å². The molecule has 0 amide bonds. The first-order valence-electron chi connectivity index (χ1n) is 6.27. The van der Waals surface area contributed by atoms with Crippen molar-refractivity contribution in [2.45, 2.75) is 27.2 Å². The first kappa shape index (κ1) is 13.3. The van der Waals surface area contributed by atoms with E-state index >= 15 is 0 Å². The average Bonchev–Trinajstić information content (AvgIpc) is 1.92. The molecular weight excluding hydrogens is 236 g/mol. The van der Waals surface area contributed by atoms with E-state index < -0.39 is 10.0 Å². The van der Waals surface area contributed by atoms with Crippen LogP contribution in [0.5, 0.6) is 0 Å². The van der Waals surface area contributed by atoms with Gasteiger partial charge in [-0.1, -0.05) is 20.8 Å². The molecule has 0 N–H and O–H groups in total. The van der Waals surface area contributed by atoms with Gasteiger partial charge >= 0.3 is 0 Å². The van der Waals surface area contributed by atoms with Crippen molar-refractivity contribution in [2.24, 2.45) is 10.8 Å². The van der Waals surface area contributed by atoms with Gasteiger partial charge in [-0.05, 0) is 18.4 Å². The summed E-state index contributed by atoms with van der Waals surface area (Å²) in [7, 11) is -2.95. The Labute approximate surface area is 105 Å². The zero-order valence-corrected chi connectivity index (χ0v) is 12.2. The Balaban J connectivity index is 1.71. The maximum Gasteiger partial charge on any atom is 0.211 e. The Kier molecular flexibility index (Phi) is 3.08. The minimum absolute atomic E-state index is 0.293. The molecule has 0 aromatic heterocycles. The van der Waals surface area contributed by atoms with E-state index in [1.807, 2.05) is 0 Å². The van der Waals surface area contributed by atoms with Crippen molar-refractivity contribution in [3.05, 3.63) is 0 Å². The van der Waals surface area contributed by atoms with E-state index in [-0.39, 0.29) is 0 Å². The number of hydrogen-bond acceptors (Lipinski definition) is 3. The molecule has 0 atom stereocenters. The second kappa shape index (κ2) is 3.93. The zero-order chi connectivity index (χ0) is 12.9. The van der Waals surface area contributed by atoms with E-state index in [1.165, 1.54) is 12.7 Å². The molecule has 5 heteroatoms. The molecule has 2 saturated heterocycles. The van der Waals surface area contributed by atoms with Gasteiger partial charge in [-0.2, -0.15) is 0 Å². The molecule has 17 heavy (non-hydrogen) atoms. The third kappa shape index (κ3) is 3.01. The first-order chi connectivity index (χ1) is 7.60. The molecule has 2 aliphatic rings. The molecule has 2 fully saturated rings. The summed E-state index contributed by atoms with van der Waals surface area (Å²) in [4.78, 5) is 2.45. The fraction of sp³-hybridized carbons (Fsp3) is 1.00. The fourth-order valence-electron chi connectivity index (χ4n) is 2.69. The third-order valence-electron chi connectivity index (χ3n) is 3.79. The lowest BCUT2D eigenvalue weighted by Crippen LogP contribution is -2.72. The Hall–Kier alpha value is -0.130. The molecule has 0 aliphatic carbocycles. The molecule has 0 aromatic carbocycles. The number of nitrogens with zero attached hydrogens (tertiary/aromatic N) is 2. The van der Waals surface area contributed by atoms with Gasteiger partial charge in [0.1, 0.15) is 0 Å². The van der Waals surface area contributed by atoms with Crippen molar-refractivity contribution in [1.82, 2.24) is 9.21 Å². The monoisotopic (exact) mass is 260 g/mol. The highest BCUT2D eigenvalue weighted by Gasteiger charge is 2.53. The maximum atomic E-state index is 11.3. The van der Waals surface area contributed by atoms with Crippen LogP contribution >= 0.6 is 0 Å². The van der Waals surface area contributed by atoms with Gasteiger partial charge in [0.05, 0.1) is 6.26 Å². The van der Waals surface area contributed by atoms with Gasteiger partial charge in [-0.15, -0.1) is 0 Å². The zero-order valence-electron chi connectivity index (χ0n) is 11.4. The predicted octanol–water partition coefficient (Wildman–Crippen LogP) is 1.000. The molecule has 0 aromatic rings. The van der Waals surface area contributed by atoms with E-state index in [0.717, 1.165) is 32.7 Å². The van der Waals surface area contributed by atoms with E-state index in [9.17, 15) is 8.42 Å². The molecular formula is C12H24N2O2S. The van der Waals surface area contributed by atoms with Crippen molar-refractivity contribution in [3.63, 3.8) is 0 Å². The summed E-state index contributed by atoms with van der Waals surface area (Å²) >= 11 is 0. The van der Waals surface area contributed by atoms with Crippen LogP contribution in [-0.2, 0) is 10.0 Å². The third-order valence-corrected chi connectivity index (χ3v) is 4.98. The van der Waals surface area contributed by atoms with Crippen LogP contribution < -0.4 is 0 Å². The number of likely N-dealkylation sites (tertiary alicyclic amines) is 1. The van der Waals surface area contributed by atoms with Gasteiger partial charge in [0, 0.05) is 31.6 Å². The summed E-state index contributed by atoms with van der Waals surface area (Å²) in [6, 6.07) is 0. The van der Waals surface area contributed by atoms with Crippen molar-refractivity contribution in [3.8, 4) is 0 Å². The summed E-state index contributed by atoms with van der Waals surface area (Å²) in [5, 5.41) is 0. The maximum absolute atomic E-state index is 11.3. The summed E-state index contributed by atoms with van der Waals surface area (Å²) < 4.78 is 24.2. The number of hydrogen-bond donors (Lipinski definition) is 0. The van der Waals surface area contributed by atoms with E-state index in [1.54, 1.807) is 4.31 Å². The van der Waals surface area contributed by atoms with Crippen molar-refractivity contribution >= 4 is 10.0 Å². The highest BCUT2D eigenvalue weighted by Crippen LogP contribution is 2.41. The van der Waals surface area contributed by atoms with Crippen molar-refractivity contribution < 1.29 is 8.42 Å². The van der Waals surface area contributed by atoms with Crippen LogP contribution in [0.3, 0.4) is 0 Å². The highest BCUT2D eigenvalue weighted by molar-refractivity contribution is 7.88. The summed E-state index contributed by atoms with van der Waals surface area (Å²) in [6.45, 7) is 11.6. The van der Waals surface area contributed by atoms with Gasteiger partial charge < -0.3 is 4.90 Å². The van der Waals surface area contributed by atoms with Crippen LogP contribution in [0.2, 0.25) is 0 Å². The molecule has 4 nitrogen and oxygen atoms in total. The van der Waals surface area contributed by atoms with Gasteiger partial charge in [-0.3, -0.25) is 0 Å². The van der Waals surface area contributed by atoms with Gasteiger partial charge in [-0.25, -0.2) is 12.7 Å². The molecule has 0 saturated carbocycles. The Morgan fingerprint density at radius 2 is 1.65 bits per heavy atom. The van der Waals surface area contributed by atoms with Gasteiger partial charge in [0.15, 0.2) is 0 Å². The summed E-state index contributed by atoms with van der Waals surface area (Å²) in [5.74, 6) is 0. The van der Waals surface area contributed by atoms with Crippen LogP contribution in [0.25, 0.3) is 0 Å². The molecule has 0 unspecified atom stereocenters. The highest BCUT2D eigenvalue weighted by atomic mass is 32.2. The Morgan fingerprint density at radius 1 is 1.12 bits per heavy atom. The lowest BCUT2D eigenvalue weighted by atomic mass is 9.74. The number of rotatable bonds is 3. The van der Waals surface area contributed by atoms with Gasteiger partial charge in [0.25, 0.3) is 0 Å². The quantitative estimate of drug-likeness (QED) is 0.760. The minimum Gasteiger partial charge on any atom is -0.302 e. The molecule has 2 heterocycles. The van der Waals surface area contributed by atoms with E-state index in [2.05, 4.69) is 25.7 Å². The predicted molar refractivity (Wildman–Crippen MR) is 69.4 cm³/mol. The van der Waals surface area contributed by atoms with Crippen LogP contribution in [0.4, 0.5) is 0 Å². The topological polar surface area (TPSA) is 40.6 Å². The largest absolute Gasteiger partial charge is 0.302 e. The van der Waals surface area contributed by atoms with Crippen LogP contribution in [0.1, 0.15) is 27.2 Å². The minimum atomic E-state index is -2.95. The van der Waals surface area contributed by atoms with Crippen molar-refractivity contribution in [2.75, 3.05) is 39.0 Å². The Morgan fingerprint density at radius 3 is 2.06 bits per heavy atom. The lowest BCUT2D eigenvalue weighted by molar-refractivity contribution is -0.0829. The molecule has 2 aliphatic heterocycles. The van der Waals surface area contributed by atoms with E-state index in [4.69, 9.17) is 0 Å². The number of sulfonamides is 1. The standard InChI is InChI=1S/C12H24N2O2S/c1-11(2,3)5-6-13-7-12(8-13)9-14(10-12)17(4,15)16/h5-10H2,1-4H3. The second-order valence-corrected chi connectivity index (χ2v) is 9.03. The van der Waals surface area contributed by atoms with E-state index in [0.29, 0.717) is 10.8 Å². The van der Waals surface area contributed by atoms with Gasteiger partial charge in [0.2, 0.25) is 10.0 Å². The second-order valence-electron chi connectivity index (χ2n) is 7.05. The lowest BCUT2D eigenvalue weighted by Gasteiger charge is -2.59. The first-order valence-corrected chi connectivity index (χ1v) is 8.12. The molecule has 2 rings (SSSR count). The average molecular weight is 260 g/mol. The van der Waals surface area contributed by atoms with Crippen molar-refractivity contribution in [1.29, 1.82) is 0 Å². The molecule has 0 bridgehead atoms. The smallest absolute Gasteiger partial charge is 0.211 e. The van der Waals surface area contributed by atoms with Crippen LogP contribution in [-0.4, -0.2) is 56.6 Å². The summed E-state index contributed by atoms with van der Waals surface area (Å²) in [5.41, 5.74) is 0.683. The van der Waals surface area contributed by atoms with Crippen LogP contribution in [0, 0.1) is 10.8 Å². The molecule has 100 valence electrons. The SMILES string of the molecule is CC(C)(C)CCN1CC2(C1)CN(S(C)(=O)=O)C2. The fourth-order valence-corrected chi connectivity index (χ4v) is 3.71. The summed E-state index contributed by atoms with van der Waals surface area (Å²) in [6.07, 6.45) is 2.51. The molecule has 0 radical (unpaired) electrons. The Bertz CT molecular complexity index is 383. The molecule has 1 spiro atoms.